The number of hydrogen-bond acceptors (Lipinski definition) is 4. The van der Waals surface area contributed by atoms with Crippen LogP contribution in [0.2, 0.25) is 0 Å². The third-order valence-corrected chi connectivity index (χ3v) is 5.12. The molecule has 1 saturated heterocycles. The molecule has 3 rings (SSSR count). The van der Waals surface area contributed by atoms with Gasteiger partial charge in [0.05, 0.1) is 11.6 Å². The number of alkyl halides is 3. The van der Waals surface area contributed by atoms with E-state index in [4.69, 9.17) is 0 Å². The highest BCUT2D eigenvalue weighted by Gasteiger charge is 2.36. The van der Waals surface area contributed by atoms with Gasteiger partial charge in [-0.1, -0.05) is 18.2 Å². The molecule has 1 aromatic heterocycles. The van der Waals surface area contributed by atoms with E-state index < -0.39 is 23.8 Å². The summed E-state index contributed by atoms with van der Waals surface area (Å²) in [5, 5.41) is 5.34. The molecule has 4 nitrogen and oxygen atoms in total. The zero-order valence-electron chi connectivity index (χ0n) is 13.6. The fourth-order valence-electron chi connectivity index (χ4n) is 3.15. The van der Waals surface area contributed by atoms with E-state index in [-0.39, 0.29) is 11.5 Å². The summed E-state index contributed by atoms with van der Waals surface area (Å²) in [6.07, 6.45) is -1.25. The van der Waals surface area contributed by atoms with Crippen molar-refractivity contribution in [1.82, 2.24) is 10.3 Å². The van der Waals surface area contributed by atoms with Crippen molar-refractivity contribution in [3.8, 4) is 0 Å². The van der Waals surface area contributed by atoms with Crippen molar-refractivity contribution in [2.24, 2.45) is 0 Å². The zero-order chi connectivity index (χ0) is 18.0. The average molecular weight is 369 g/mol. The summed E-state index contributed by atoms with van der Waals surface area (Å²) >= 11 is 1.45. The number of nitrogens with zero attached hydrogens (tertiary/aromatic N) is 2. The molecule has 8 heteroatoms. The largest absolute Gasteiger partial charge is 0.416 e. The maximum atomic E-state index is 13.2. The molecular formula is C17H18F3N3OS. The van der Waals surface area contributed by atoms with Gasteiger partial charge in [-0.25, -0.2) is 4.98 Å². The average Bonchev–Trinajstić information content (AvgIpc) is 3.24. The number of rotatable bonds is 4. The van der Waals surface area contributed by atoms with Crippen LogP contribution in [0.3, 0.4) is 0 Å². The molecule has 0 spiro atoms. The first-order valence-electron chi connectivity index (χ1n) is 8.00. The third-order valence-electron chi connectivity index (χ3n) is 4.31. The van der Waals surface area contributed by atoms with Crippen molar-refractivity contribution in [1.29, 1.82) is 0 Å². The van der Waals surface area contributed by atoms with Gasteiger partial charge in [-0.05, 0) is 31.4 Å². The molecule has 25 heavy (non-hydrogen) atoms. The summed E-state index contributed by atoms with van der Waals surface area (Å²) in [4.78, 5) is 18.8. The number of anilines is 1. The minimum Gasteiger partial charge on any atom is -0.348 e. The van der Waals surface area contributed by atoms with Crippen LogP contribution >= 0.6 is 11.3 Å². The van der Waals surface area contributed by atoms with Crippen LogP contribution in [0.25, 0.3) is 0 Å². The van der Waals surface area contributed by atoms with Crippen molar-refractivity contribution in [3.05, 3.63) is 47.0 Å². The topological polar surface area (TPSA) is 45.2 Å². The molecule has 0 unspecified atom stereocenters. The van der Waals surface area contributed by atoms with Crippen molar-refractivity contribution in [2.75, 3.05) is 11.4 Å². The normalized spacial score (nSPS) is 19.0. The van der Waals surface area contributed by atoms with E-state index in [1.807, 2.05) is 10.3 Å². The zero-order valence-corrected chi connectivity index (χ0v) is 14.4. The summed E-state index contributed by atoms with van der Waals surface area (Å²) in [5.41, 5.74) is -0.645. The summed E-state index contributed by atoms with van der Waals surface area (Å²) in [5.74, 6) is -0.267. The van der Waals surface area contributed by atoms with Crippen LogP contribution in [0, 0.1) is 0 Å². The molecule has 1 N–H and O–H groups in total. The van der Waals surface area contributed by atoms with Gasteiger partial charge in [-0.3, -0.25) is 4.79 Å². The molecule has 1 aliphatic rings. The predicted octanol–water partition coefficient (Wildman–Crippen LogP) is 4.01. The molecule has 0 bridgehead atoms. The SMILES string of the molecule is C[C@@H](NC(=O)[C@H]1CCCN1c1nccs1)c1ccccc1C(F)(F)F. The Morgan fingerprint density at radius 3 is 2.84 bits per heavy atom. The fraction of sp³-hybridized carbons (Fsp3) is 0.412. The van der Waals surface area contributed by atoms with E-state index in [9.17, 15) is 18.0 Å². The lowest BCUT2D eigenvalue weighted by molar-refractivity contribution is -0.138. The number of carbonyl (C=O) groups is 1. The van der Waals surface area contributed by atoms with Crippen molar-refractivity contribution in [2.45, 2.75) is 38.0 Å². The first-order valence-corrected chi connectivity index (χ1v) is 8.88. The van der Waals surface area contributed by atoms with Gasteiger partial charge in [-0.2, -0.15) is 13.2 Å². The van der Waals surface area contributed by atoms with Crippen LogP contribution in [0.1, 0.15) is 36.9 Å². The number of hydrogen-bond donors (Lipinski definition) is 1. The molecule has 0 aliphatic carbocycles. The second-order valence-corrected chi connectivity index (χ2v) is 6.85. The lowest BCUT2D eigenvalue weighted by Crippen LogP contribution is -2.44. The van der Waals surface area contributed by atoms with Gasteiger partial charge < -0.3 is 10.2 Å². The van der Waals surface area contributed by atoms with Crippen LogP contribution < -0.4 is 10.2 Å². The molecule has 0 radical (unpaired) electrons. The number of thiazole rings is 1. The number of carbonyl (C=O) groups excluding carboxylic acids is 1. The van der Waals surface area contributed by atoms with Crippen LogP contribution in [0.5, 0.6) is 0 Å². The maximum Gasteiger partial charge on any atom is 0.416 e. The standard InChI is InChI=1S/C17H18F3N3OS/c1-11(12-5-2-3-6-13(12)17(18,19)20)22-15(24)14-7-4-9-23(14)16-21-8-10-25-16/h2-3,5-6,8,10-11,14H,4,7,9H2,1H3,(H,22,24)/t11-,14-/m1/s1. The molecular weight excluding hydrogens is 351 g/mol. The second kappa shape index (κ2) is 7.03. The second-order valence-electron chi connectivity index (χ2n) is 5.98. The van der Waals surface area contributed by atoms with Gasteiger partial charge in [0.25, 0.3) is 0 Å². The Morgan fingerprint density at radius 2 is 2.16 bits per heavy atom. The van der Waals surface area contributed by atoms with Gasteiger partial charge in [0, 0.05) is 18.1 Å². The lowest BCUT2D eigenvalue weighted by atomic mass is 10.0. The van der Waals surface area contributed by atoms with Gasteiger partial charge in [0.1, 0.15) is 6.04 Å². The molecule has 134 valence electrons. The van der Waals surface area contributed by atoms with E-state index in [1.54, 1.807) is 19.2 Å². The minimum absolute atomic E-state index is 0.0714. The molecule has 1 amide bonds. The van der Waals surface area contributed by atoms with Crippen LogP contribution in [-0.2, 0) is 11.0 Å². The summed E-state index contributed by atoms with van der Waals surface area (Å²) < 4.78 is 39.5. The number of benzene rings is 1. The molecule has 2 atom stereocenters. The van der Waals surface area contributed by atoms with Crippen molar-refractivity contribution >= 4 is 22.4 Å². The van der Waals surface area contributed by atoms with Crippen LogP contribution in [-0.4, -0.2) is 23.5 Å². The Hall–Kier alpha value is -2.09. The molecule has 2 aromatic rings. The molecule has 1 aliphatic heterocycles. The van der Waals surface area contributed by atoms with E-state index >= 15 is 0 Å². The van der Waals surface area contributed by atoms with Crippen molar-refractivity contribution in [3.63, 3.8) is 0 Å². The summed E-state index contributed by atoms with van der Waals surface area (Å²) in [6, 6.07) is 4.21. The van der Waals surface area contributed by atoms with Crippen LogP contribution in [0.4, 0.5) is 18.3 Å². The highest BCUT2D eigenvalue weighted by Crippen LogP contribution is 2.34. The monoisotopic (exact) mass is 369 g/mol. The number of halogens is 3. The molecule has 0 saturated carbocycles. The quantitative estimate of drug-likeness (QED) is 0.886. The highest BCUT2D eigenvalue weighted by atomic mass is 32.1. The lowest BCUT2D eigenvalue weighted by Gasteiger charge is -2.26. The number of amides is 1. The smallest absolute Gasteiger partial charge is 0.348 e. The van der Waals surface area contributed by atoms with E-state index in [0.717, 1.165) is 24.2 Å². The Bertz CT molecular complexity index is 733. The molecule has 1 aromatic carbocycles. The van der Waals surface area contributed by atoms with Gasteiger partial charge in [-0.15, -0.1) is 11.3 Å². The highest BCUT2D eigenvalue weighted by molar-refractivity contribution is 7.13. The van der Waals surface area contributed by atoms with Gasteiger partial charge >= 0.3 is 6.18 Å². The number of aromatic nitrogens is 1. The Balaban J connectivity index is 1.75. The summed E-state index contributed by atoms with van der Waals surface area (Å²) in [6.45, 7) is 2.30. The predicted molar refractivity (Wildman–Crippen MR) is 90.5 cm³/mol. The van der Waals surface area contributed by atoms with E-state index in [0.29, 0.717) is 6.42 Å². The molecule has 2 heterocycles. The van der Waals surface area contributed by atoms with Crippen molar-refractivity contribution < 1.29 is 18.0 Å². The fourth-order valence-corrected chi connectivity index (χ4v) is 3.87. The Morgan fingerprint density at radius 1 is 1.40 bits per heavy atom. The van der Waals surface area contributed by atoms with E-state index in [1.165, 1.54) is 23.5 Å². The van der Waals surface area contributed by atoms with Crippen LogP contribution in [0.15, 0.2) is 35.8 Å². The number of nitrogens with one attached hydrogen (secondary N) is 1. The summed E-state index contributed by atoms with van der Waals surface area (Å²) in [7, 11) is 0. The minimum atomic E-state index is -4.45. The first-order chi connectivity index (χ1) is 11.9. The third kappa shape index (κ3) is 3.78. The van der Waals surface area contributed by atoms with Gasteiger partial charge in [0.15, 0.2) is 5.13 Å². The Labute approximate surface area is 147 Å². The van der Waals surface area contributed by atoms with Gasteiger partial charge in [0.2, 0.25) is 5.91 Å². The first kappa shape index (κ1) is 17.7. The Kier molecular flexibility index (Phi) is 4.99. The maximum absolute atomic E-state index is 13.2. The van der Waals surface area contributed by atoms with E-state index in [2.05, 4.69) is 10.3 Å². The molecule has 1 fully saturated rings.